The summed E-state index contributed by atoms with van der Waals surface area (Å²) in [4.78, 5) is 22.6. The lowest BCUT2D eigenvalue weighted by atomic mass is 9.73. The van der Waals surface area contributed by atoms with E-state index in [9.17, 15) is 4.79 Å². The number of piperazine rings is 1. The smallest absolute Gasteiger partial charge is 0.289 e. The highest BCUT2D eigenvalue weighted by Gasteiger charge is 2.35. The second-order valence-electron chi connectivity index (χ2n) is 7.98. The highest BCUT2D eigenvalue weighted by molar-refractivity contribution is 14.0. The van der Waals surface area contributed by atoms with Crippen LogP contribution in [-0.4, -0.2) is 61.4 Å². The number of furan rings is 1. The summed E-state index contributed by atoms with van der Waals surface area (Å²) in [7, 11) is 1.85. The number of nitrogens with one attached hydrogen (secondary N) is 1. The van der Waals surface area contributed by atoms with Crippen LogP contribution in [0.2, 0.25) is 0 Å². The van der Waals surface area contributed by atoms with Gasteiger partial charge in [0.05, 0.1) is 6.26 Å². The van der Waals surface area contributed by atoms with Crippen molar-refractivity contribution >= 4 is 47.2 Å². The fourth-order valence-electron chi connectivity index (χ4n) is 4.58. The molecule has 2 aromatic heterocycles. The number of carbonyl (C=O) groups is 1. The van der Waals surface area contributed by atoms with Crippen molar-refractivity contribution in [1.82, 2.24) is 15.1 Å². The standard InChI is InChI=1S/C22H30N4O2S.HI/c1-23-21(24-17-22(9-3-2-4-10-22)19-8-6-16-29-19)26-13-11-25(12-14-26)20(27)18-7-5-15-28-18;/h5-8,15-16H,2-4,9-14,17H2,1H3,(H,23,24);1H. The summed E-state index contributed by atoms with van der Waals surface area (Å²) >= 11 is 1.88. The zero-order valence-corrected chi connectivity index (χ0v) is 20.7. The number of thiophene rings is 1. The first-order chi connectivity index (χ1) is 14.2. The van der Waals surface area contributed by atoms with Crippen LogP contribution in [-0.2, 0) is 5.41 Å². The predicted molar refractivity (Wildman–Crippen MR) is 132 cm³/mol. The molecule has 1 saturated heterocycles. The first kappa shape index (κ1) is 23.1. The summed E-state index contributed by atoms with van der Waals surface area (Å²) in [5, 5.41) is 5.86. The molecule has 2 aromatic rings. The normalized spacial score (nSPS) is 19.3. The number of hydrogen-bond acceptors (Lipinski definition) is 4. The maximum atomic E-state index is 12.5. The van der Waals surface area contributed by atoms with Crippen molar-refractivity contribution < 1.29 is 9.21 Å². The van der Waals surface area contributed by atoms with Gasteiger partial charge in [-0.25, -0.2) is 0 Å². The topological polar surface area (TPSA) is 61.1 Å². The lowest BCUT2D eigenvalue weighted by Gasteiger charge is -2.40. The SMILES string of the molecule is CN=C(NCC1(c2cccs2)CCCCC1)N1CCN(C(=O)c2ccco2)CC1.I. The van der Waals surface area contributed by atoms with Gasteiger partial charge in [-0.05, 0) is 36.4 Å². The Bertz CT molecular complexity index is 808. The van der Waals surface area contributed by atoms with E-state index in [4.69, 9.17) is 4.42 Å². The van der Waals surface area contributed by atoms with E-state index < -0.39 is 0 Å². The van der Waals surface area contributed by atoms with E-state index in [1.165, 1.54) is 37.0 Å². The van der Waals surface area contributed by atoms with Crippen LogP contribution in [0.1, 0.15) is 47.5 Å². The lowest BCUT2D eigenvalue weighted by molar-refractivity contribution is 0.0657. The minimum Gasteiger partial charge on any atom is -0.459 e. The minimum atomic E-state index is -0.0311. The molecule has 2 aliphatic rings. The summed E-state index contributed by atoms with van der Waals surface area (Å²) in [6.45, 7) is 3.83. The Hall–Kier alpha value is -1.55. The second-order valence-corrected chi connectivity index (χ2v) is 8.92. The summed E-state index contributed by atoms with van der Waals surface area (Å²) in [5.74, 6) is 1.32. The number of amides is 1. The molecule has 0 spiro atoms. The molecule has 3 heterocycles. The molecule has 6 nitrogen and oxygen atoms in total. The molecule has 0 aromatic carbocycles. The molecule has 164 valence electrons. The maximum Gasteiger partial charge on any atom is 0.289 e. The summed E-state index contributed by atoms with van der Waals surface area (Å²) in [6, 6.07) is 7.94. The predicted octanol–water partition coefficient (Wildman–Crippen LogP) is 4.19. The van der Waals surface area contributed by atoms with Crippen LogP contribution >= 0.6 is 35.3 Å². The van der Waals surface area contributed by atoms with Gasteiger partial charge in [0.1, 0.15) is 0 Å². The largest absolute Gasteiger partial charge is 0.459 e. The molecule has 30 heavy (non-hydrogen) atoms. The van der Waals surface area contributed by atoms with Gasteiger partial charge in [0.25, 0.3) is 5.91 Å². The molecule has 0 atom stereocenters. The van der Waals surface area contributed by atoms with Gasteiger partial charge in [0.2, 0.25) is 0 Å². The van der Waals surface area contributed by atoms with Crippen LogP contribution in [0.25, 0.3) is 0 Å². The number of halogens is 1. The zero-order chi connectivity index (χ0) is 20.1. The third kappa shape index (κ3) is 5.01. The molecular formula is C22H31IN4O2S. The zero-order valence-electron chi connectivity index (χ0n) is 17.5. The average Bonchev–Trinajstić information content (AvgIpc) is 3.49. The van der Waals surface area contributed by atoms with Gasteiger partial charge in [0.15, 0.2) is 11.7 Å². The van der Waals surface area contributed by atoms with E-state index in [1.54, 1.807) is 18.4 Å². The quantitative estimate of drug-likeness (QED) is 0.358. The monoisotopic (exact) mass is 542 g/mol. The molecule has 0 radical (unpaired) electrons. The van der Waals surface area contributed by atoms with Crippen molar-refractivity contribution in [3.63, 3.8) is 0 Å². The third-order valence-corrected chi connectivity index (χ3v) is 7.37. The summed E-state index contributed by atoms with van der Waals surface area (Å²) in [6.07, 6.45) is 7.96. The molecule has 1 saturated carbocycles. The molecule has 1 aliphatic heterocycles. The molecule has 1 amide bonds. The van der Waals surface area contributed by atoms with Crippen molar-refractivity contribution in [2.45, 2.75) is 37.5 Å². The van der Waals surface area contributed by atoms with Gasteiger partial charge < -0.3 is 19.5 Å². The average molecular weight is 542 g/mol. The van der Waals surface area contributed by atoms with Crippen molar-refractivity contribution in [3.8, 4) is 0 Å². The van der Waals surface area contributed by atoms with Crippen LogP contribution in [0.15, 0.2) is 45.3 Å². The highest BCUT2D eigenvalue weighted by Crippen LogP contribution is 2.41. The van der Waals surface area contributed by atoms with Crippen molar-refractivity contribution in [2.24, 2.45) is 4.99 Å². The van der Waals surface area contributed by atoms with E-state index in [1.807, 2.05) is 23.3 Å². The van der Waals surface area contributed by atoms with Gasteiger partial charge in [-0.2, -0.15) is 0 Å². The van der Waals surface area contributed by atoms with E-state index >= 15 is 0 Å². The molecule has 4 rings (SSSR count). The van der Waals surface area contributed by atoms with Gasteiger partial charge >= 0.3 is 0 Å². The molecule has 0 unspecified atom stereocenters. The number of nitrogens with zero attached hydrogens (tertiary/aromatic N) is 3. The molecule has 2 fully saturated rings. The Morgan fingerprint density at radius 2 is 1.87 bits per heavy atom. The fourth-order valence-corrected chi connectivity index (χ4v) is 5.56. The number of guanidine groups is 1. The number of hydrogen-bond donors (Lipinski definition) is 1. The third-order valence-electron chi connectivity index (χ3n) is 6.25. The van der Waals surface area contributed by atoms with Gasteiger partial charge in [0, 0.05) is 50.1 Å². The maximum absolute atomic E-state index is 12.5. The van der Waals surface area contributed by atoms with Crippen LogP contribution in [0, 0.1) is 0 Å². The van der Waals surface area contributed by atoms with Gasteiger partial charge in [-0.3, -0.25) is 9.79 Å². The van der Waals surface area contributed by atoms with Crippen molar-refractivity contribution in [2.75, 3.05) is 39.8 Å². The molecule has 8 heteroatoms. The number of carbonyl (C=O) groups excluding carboxylic acids is 1. The molecule has 1 aliphatic carbocycles. The van der Waals surface area contributed by atoms with E-state index in [-0.39, 0.29) is 35.3 Å². The molecular weight excluding hydrogens is 511 g/mol. The Morgan fingerprint density at radius 3 is 2.47 bits per heavy atom. The van der Waals surface area contributed by atoms with Crippen molar-refractivity contribution in [1.29, 1.82) is 0 Å². The van der Waals surface area contributed by atoms with E-state index in [0.29, 0.717) is 18.8 Å². The van der Waals surface area contributed by atoms with Gasteiger partial charge in [-0.1, -0.05) is 25.3 Å². The Labute approximate surface area is 199 Å². The van der Waals surface area contributed by atoms with Crippen LogP contribution in [0.3, 0.4) is 0 Å². The van der Waals surface area contributed by atoms with Gasteiger partial charge in [-0.15, -0.1) is 35.3 Å². The Morgan fingerprint density at radius 1 is 1.13 bits per heavy atom. The molecule has 0 bridgehead atoms. The second kappa shape index (κ2) is 10.7. The number of aliphatic imine (C=N–C) groups is 1. The Kier molecular flexibility index (Phi) is 8.21. The molecule has 1 N–H and O–H groups in total. The summed E-state index contributed by atoms with van der Waals surface area (Å²) < 4.78 is 5.26. The van der Waals surface area contributed by atoms with Crippen LogP contribution < -0.4 is 5.32 Å². The summed E-state index contributed by atoms with van der Waals surface area (Å²) in [5.41, 5.74) is 0.222. The fraction of sp³-hybridized carbons (Fsp3) is 0.545. The van der Waals surface area contributed by atoms with E-state index in [0.717, 1.165) is 25.6 Å². The lowest BCUT2D eigenvalue weighted by Crippen LogP contribution is -2.55. The first-order valence-electron chi connectivity index (χ1n) is 10.5. The van der Waals surface area contributed by atoms with Crippen molar-refractivity contribution in [3.05, 3.63) is 46.5 Å². The minimum absolute atomic E-state index is 0. The highest BCUT2D eigenvalue weighted by atomic mass is 127. The van der Waals surface area contributed by atoms with Crippen LogP contribution in [0.5, 0.6) is 0 Å². The van der Waals surface area contributed by atoms with E-state index in [2.05, 4.69) is 32.7 Å². The van der Waals surface area contributed by atoms with Crippen LogP contribution in [0.4, 0.5) is 0 Å². The Balaban J connectivity index is 0.00000256. The first-order valence-corrected chi connectivity index (χ1v) is 11.4. The number of rotatable bonds is 4.